The van der Waals surface area contributed by atoms with Crippen LogP contribution in [0.2, 0.25) is 0 Å². The quantitative estimate of drug-likeness (QED) is 0.786. The van der Waals surface area contributed by atoms with Gasteiger partial charge in [0, 0.05) is 25.0 Å². The van der Waals surface area contributed by atoms with Crippen molar-refractivity contribution in [1.82, 2.24) is 15.6 Å². The van der Waals surface area contributed by atoms with Crippen molar-refractivity contribution in [3.63, 3.8) is 0 Å². The van der Waals surface area contributed by atoms with Gasteiger partial charge in [-0.15, -0.1) is 0 Å². The first-order valence-electron chi connectivity index (χ1n) is 6.98. The molecule has 5 nitrogen and oxygen atoms in total. The third kappa shape index (κ3) is 7.09. The average Bonchev–Trinajstić information content (AvgIpc) is 2.37. The Balaban J connectivity index is 2.12. The van der Waals surface area contributed by atoms with Crippen LogP contribution >= 0.6 is 0 Å². The predicted octanol–water partition coefficient (Wildman–Crippen LogP) is 2.65. The molecule has 0 spiro atoms. The van der Waals surface area contributed by atoms with Crippen molar-refractivity contribution in [2.24, 2.45) is 0 Å². The molecule has 1 amide bonds. The zero-order chi connectivity index (χ0) is 15.0. The molecule has 0 aliphatic carbocycles. The summed E-state index contributed by atoms with van der Waals surface area (Å²) in [6, 6.07) is 4.23. The van der Waals surface area contributed by atoms with Crippen molar-refractivity contribution in [3.8, 4) is 0 Å². The first-order valence-corrected chi connectivity index (χ1v) is 6.98. The Hall–Kier alpha value is -1.62. The molecule has 1 aromatic rings. The van der Waals surface area contributed by atoms with Gasteiger partial charge in [-0.25, -0.2) is 4.79 Å². The number of alkyl carbamates (subject to hydrolysis) is 1. The van der Waals surface area contributed by atoms with Crippen LogP contribution in [0.5, 0.6) is 0 Å². The van der Waals surface area contributed by atoms with Gasteiger partial charge in [-0.3, -0.25) is 4.98 Å². The van der Waals surface area contributed by atoms with Crippen molar-refractivity contribution in [2.75, 3.05) is 13.1 Å². The van der Waals surface area contributed by atoms with Gasteiger partial charge in [-0.1, -0.05) is 6.07 Å². The van der Waals surface area contributed by atoms with Crippen LogP contribution in [0.4, 0.5) is 4.79 Å². The van der Waals surface area contributed by atoms with Crippen LogP contribution in [0.15, 0.2) is 24.5 Å². The zero-order valence-electron chi connectivity index (χ0n) is 12.8. The van der Waals surface area contributed by atoms with Gasteiger partial charge in [0.25, 0.3) is 0 Å². The number of nitrogens with one attached hydrogen (secondary N) is 2. The fraction of sp³-hybridized carbons (Fsp3) is 0.600. The highest BCUT2D eigenvalue weighted by atomic mass is 16.6. The largest absolute Gasteiger partial charge is 0.444 e. The first-order chi connectivity index (χ1) is 9.38. The summed E-state index contributed by atoms with van der Waals surface area (Å²) < 4.78 is 5.16. The molecule has 0 saturated carbocycles. The van der Waals surface area contributed by atoms with E-state index < -0.39 is 5.60 Å². The number of ether oxygens (including phenoxy) is 1. The summed E-state index contributed by atoms with van der Waals surface area (Å²) in [6.07, 6.45) is 4.11. The molecule has 20 heavy (non-hydrogen) atoms. The Labute approximate surface area is 121 Å². The first kappa shape index (κ1) is 16.4. The van der Waals surface area contributed by atoms with E-state index in [0.29, 0.717) is 6.54 Å². The smallest absolute Gasteiger partial charge is 0.407 e. The van der Waals surface area contributed by atoms with Gasteiger partial charge in [0.15, 0.2) is 0 Å². The van der Waals surface area contributed by atoms with Crippen LogP contribution in [-0.4, -0.2) is 29.8 Å². The minimum atomic E-state index is -0.447. The van der Waals surface area contributed by atoms with Gasteiger partial charge < -0.3 is 15.4 Å². The van der Waals surface area contributed by atoms with E-state index in [4.69, 9.17) is 4.74 Å². The second-order valence-electron chi connectivity index (χ2n) is 5.74. The van der Waals surface area contributed by atoms with E-state index in [1.54, 1.807) is 6.20 Å². The van der Waals surface area contributed by atoms with E-state index in [0.717, 1.165) is 18.5 Å². The van der Waals surface area contributed by atoms with Crippen molar-refractivity contribution in [2.45, 2.75) is 45.8 Å². The molecule has 0 saturated heterocycles. The molecule has 2 N–H and O–H groups in total. The number of amides is 1. The summed E-state index contributed by atoms with van der Waals surface area (Å²) in [5, 5.41) is 6.13. The molecule has 0 aliphatic heterocycles. The molecule has 1 atom stereocenters. The van der Waals surface area contributed by atoms with E-state index in [2.05, 4.69) is 22.5 Å². The third-order valence-corrected chi connectivity index (χ3v) is 2.66. The topological polar surface area (TPSA) is 63.2 Å². The Morgan fingerprint density at radius 2 is 2.15 bits per heavy atom. The van der Waals surface area contributed by atoms with Crippen LogP contribution in [0, 0.1) is 0 Å². The molecule has 112 valence electrons. The molecule has 0 aromatic carbocycles. The fourth-order valence-corrected chi connectivity index (χ4v) is 1.66. The number of carbonyl (C=O) groups is 1. The lowest BCUT2D eigenvalue weighted by Gasteiger charge is -2.19. The molecule has 1 rings (SSSR count). The fourth-order valence-electron chi connectivity index (χ4n) is 1.66. The van der Waals surface area contributed by atoms with Crippen molar-refractivity contribution < 1.29 is 9.53 Å². The molecule has 5 heteroatoms. The molecule has 0 bridgehead atoms. The zero-order valence-corrected chi connectivity index (χ0v) is 12.8. The number of carbonyl (C=O) groups excluding carboxylic acids is 1. The minimum Gasteiger partial charge on any atom is -0.444 e. The highest BCUT2D eigenvalue weighted by Gasteiger charge is 2.15. The van der Waals surface area contributed by atoms with Gasteiger partial charge in [-0.05, 0) is 52.3 Å². The molecule has 0 aliphatic rings. The number of hydrogen-bond acceptors (Lipinski definition) is 4. The lowest BCUT2D eigenvalue weighted by Crippen LogP contribution is -2.34. The molecular formula is C15H25N3O2. The number of nitrogens with zero attached hydrogens (tertiary/aromatic N) is 1. The predicted molar refractivity (Wildman–Crippen MR) is 79.5 cm³/mol. The average molecular weight is 279 g/mol. The number of hydrogen-bond donors (Lipinski definition) is 2. The number of rotatable bonds is 6. The van der Waals surface area contributed by atoms with Gasteiger partial charge >= 0.3 is 6.09 Å². The van der Waals surface area contributed by atoms with Crippen LogP contribution < -0.4 is 10.6 Å². The van der Waals surface area contributed by atoms with Gasteiger partial charge in [-0.2, -0.15) is 0 Å². The second kappa shape index (κ2) is 7.85. The van der Waals surface area contributed by atoms with E-state index in [-0.39, 0.29) is 12.1 Å². The Morgan fingerprint density at radius 3 is 2.75 bits per heavy atom. The van der Waals surface area contributed by atoms with Crippen molar-refractivity contribution in [1.29, 1.82) is 0 Å². The lowest BCUT2D eigenvalue weighted by atomic mass is 10.1. The minimum absolute atomic E-state index is 0.255. The number of aromatic nitrogens is 1. The maximum absolute atomic E-state index is 11.4. The Kier molecular flexibility index (Phi) is 6.45. The summed E-state index contributed by atoms with van der Waals surface area (Å²) in [7, 11) is 0. The van der Waals surface area contributed by atoms with Gasteiger partial charge in [0.2, 0.25) is 0 Å². The van der Waals surface area contributed by atoms with E-state index in [1.165, 1.54) is 0 Å². The standard InChI is InChI=1S/C15H25N3O2/c1-12(13-7-5-8-16-11-13)17-9-6-10-18-14(19)20-15(2,3)4/h5,7-8,11-12,17H,6,9-10H2,1-4H3,(H,18,19)/t12-/m0/s1. The Morgan fingerprint density at radius 1 is 1.40 bits per heavy atom. The lowest BCUT2D eigenvalue weighted by molar-refractivity contribution is 0.0527. The van der Waals surface area contributed by atoms with Crippen LogP contribution in [-0.2, 0) is 4.74 Å². The maximum atomic E-state index is 11.4. The van der Waals surface area contributed by atoms with Gasteiger partial charge in [0.1, 0.15) is 5.60 Å². The normalized spacial score (nSPS) is 12.8. The molecule has 1 aromatic heterocycles. The van der Waals surface area contributed by atoms with E-state index in [1.807, 2.05) is 39.1 Å². The molecule has 1 heterocycles. The summed E-state index contributed by atoms with van der Waals surface area (Å²) in [6.45, 7) is 9.07. The summed E-state index contributed by atoms with van der Waals surface area (Å²) in [5.74, 6) is 0. The number of pyridine rings is 1. The van der Waals surface area contributed by atoms with E-state index >= 15 is 0 Å². The highest BCUT2D eigenvalue weighted by molar-refractivity contribution is 5.67. The van der Waals surface area contributed by atoms with Gasteiger partial charge in [0.05, 0.1) is 0 Å². The van der Waals surface area contributed by atoms with Crippen molar-refractivity contribution >= 4 is 6.09 Å². The molecule has 0 fully saturated rings. The third-order valence-electron chi connectivity index (χ3n) is 2.66. The molecular weight excluding hydrogens is 254 g/mol. The van der Waals surface area contributed by atoms with Crippen LogP contribution in [0.25, 0.3) is 0 Å². The highest BCUT2D eigenvalue weighted by Crippen LogP contribution is 2.09. The Bertz CT molecular complexity index is 401. The maximum Gasteiger partial charge on any atom is 0.407 e. The molecule has 0 radical (unpaired) electrons. The summed E-state index contributed by atoms with van der Waals surface area (Å²) in [4.78, 5) is 15.5. The van der Waals surface area contributed by atoms with Crippen LogP contribution in [0.3, 0.4) is 0 Å². The molecule has 0 unspecified atom stereocenters. The van der Waals surface area contributed by atoms with E-state index in [9.17, 15) is 4.79 Å². The second-order valence-corrected chi connectivity index (χ2v) is 5.74. The van der Waals surface area contributed by atoms with Crippen molar-refractivity contribution in [3.05, 3.63) is 30.1 Å². The monoisotopic (exact) mass is 279 g/mol. The SMILES string of the molecule is C[C@H](NCCCNC(=O)OC(C)(C)C)c1cccnc1. The summed E-state index contributed by atoms with van der Waals surface area (Å²) in [5.41, 5.74) is 0.713. The summed E-state index contributed by atoms with van der Waals surface area (Å²) >= 11 is 0. The van der Waals surface area contributed by atoms with Crippen LogP contribution in [0.1, 0.15) is 45.7 Å².